The summed E-state index contributed by atoms with van der Waals surface area (Å²) < 4.78 is 15.0. The first-order chi connectivity index (χ1) is 10.1. The summed E-state index contributed by atoms with van der Waals surface area (Å²) in [7, 11) is 2.93. The third kappa shape index (κ3) is 5.40. The molecule has 0 radical (unpaired) electrons. The number of rotatable bonds is 7. The number of nitriles is 1. The van der Waals surface area contributed by atoms with Crippen LogP contribution in [0.1, 0.15) is 16.8 Å². The van der Waals surface area contributed by atoms with E-state index in [2.05, 4.69) is 5.32 Å². The van der Waals surface area contributed by atoms with E-state index in [4.69, 9.17) is 19.5 Å². The molecule has 0 aromatic heterocycles. The Balaban J connectivity index is 2.59. The van der Waals surface area contributed by atoms with Gasteiger partial charge in [-0.3, -0.25) is 4.79 Å². The van der Waals surface area contributed by atoms with Gasteiger partial charge in [-0.1, -0.05) is 0 Å². The molecule has 0 fully saturated rings. The van der Waals surface area contributed by atoms with Crippen LogP contribution in [0.25, 0.3) is 0 Å². The Morgan fingerprint density at radius 3 is 2.33 bits per heavy atom. The molecule has 0 atom stereocenters. The summed E-state index contributed by atoms with van der Waals surface area (Å²) in [5.41, 5.74) is 0.219. The molecule has 0 unspecified atom stereocenters. The highest BCUT2D eigenvalue weighted by atomic mass is 16.5. The maximum Gasteiger partial charge on any atom is 0.338 e. The third-order valence-corrected chi connectivity index (χ3v) is 2.48. The summed E-state index contributed by atoms with van der Waals surface area (Å²) in [4.78, 5) is 23.2. The second-order valence-electron chi connectivity index (χ2n) is 3.94. The number of esters is 1. The van der Waals surface area contributed by atoms with Gasteiger partial charge in [0.2, 0.25) is 0 Å². The molecule has 0 heterocycles. The van der Waals surface area contributed by atoms with Crippen molar-refractivity contribution in [3.8, 4) is 17.6 Å². The van der Waals surface area contributed by atoms with E-state index in [1.165, 1.54) is 26.4 Å². The number of hydrogen-bond donors (Lipinski definition) is 1. The lowest BCUT2D eigenvalue weighted by atomic mass is 10.2. The number of nitrogens with one attached hydrogen (secondary N) is 1. The zero-order valence-electron chi connectivity index (χ0n) is 11.8. The predicted molar refractivity (Wildman–Crippen MR) is 73.1 cm³/mol. The Bertz CT molecular complexity index is 529. The number of ether oxygens (including phenoxy) is 3. The van der Waals surface area contributed by atoms with Gasteiger partial charge >= 0.3 is 5.97 Å². The van der Waals surface area contributed by atoms with E-state index in [9.17, 15) is 9.59 Å². The van der Waals surface area contributed by atoms with Gasteiger partial charge in [-0.15, -0.1) is 0 Å². The minimum Gasteiger partial charge on any atom is -0.497 e. The number of amides is 1. The second kappa shape index (κ2) is 8.43. The topological polar surface area (TPSA) is 97.7 Å². The van der Waals surface area contributed by atoms with Crippen LogP contribution in [-0.4, -0.2) is 39.2 Å². The molecule has 0 bridgehead atoms. The number of benzene rings is 1. The van der Waals surface area contributed by atoms with Crippen LogP contribution in [0.3, 0.4) is 0 Å². The van der Waals surface area contributed by atoms with Crippen molar-refractivity contribution < 1.29 is 23.8 Å². The summed E-state index contributed by atoms with van der Waals surface area (Å²) in [6, 6.07) is 6.47. The zero-order valence-corrected chi connectivity index (χ0v) is 11.8. The van der Waals surface area contributed by atoms with Gasteiger partial charge in [0.15, 0.2) is 6.61 Å². The molecule has 1 amide bonds. The Morgan fingerprint density at radius 2 is 1.81 bits per heavy atom. The van der Waals surface area contributed by atoms with Gasteiger partial charge in [-0.05, 0) is 12.1 Å². The molecule has 0 aliphatic rings. The standard InChI is InChI=1S/C14H16N2O5/c1-19-11-6-10(7-12(8-11)20-2)14(18)21-9-13(17)16-5-3-4-15/h6-8H,3,5,9H2,1-2H3,(H,16,17). The smallest absolute Gasteiger partial charge is 0.338 e. The minimum atomic E-state index is -0.664. The van der Waals surface area contributed by atoms with Crippen molar-refractivity contribution in [2.24, 2.45) is 0 Å². The zero-order chi connectivity index (χ0) is 15.7. The minimum absolute atomic E-state index is 0.201. The van der Waals surface area contributed by atoms with E-state index in [1.54, 1.807) is 6.07 Å². The SMILES string of the molecule is COc1cc(OC)cc(C(=O)OCC(=O)NCCC#N)c1. The number of nitrogens with zero attached hydrogens (tertiary/aromatic N) is 1. The fourth-order valence-electron chi connectivity index (χ4n) is 1.45. The highest BCUT2D eigenvalue weighted by Gasteiger charge is 2.13. The van der Waals surface area contributed by atoms with Gasteiger partial charge in [-0.2, -0.15) is 5.26 Å². The van der Waals surface area contributed by atoms with Gasteiger partial charge in [0.05, 0.1) is 32.3 Å². The van der Waals surface area contributed by atoms with Gasteiger partial charge in [0.1, 0.15) is 11.5 Å². The Labute approximate surface area is 122 Å². The normalized spacial score (nSPS) is 9.38. The molecule has 7 nitrogen and oxygen atoms in total. The molecule has 0 aliphatic heterocycles. The van der Waals surface area contributed by atoms with Crippen LogP contribution >= 0.6 is 0 Å². The fraction of sp³-hybridized carbons (Fsp3) is 0.357. The van der Waals surface area contributed by atoms with E-state index in [0.717, 1.165) is 0 Å². The first kappa shape index (κ1) is 16.3. The van der Waals surface area contributed by atoms with E-state index in [-0.39, 0.29) is 18.5 Å². The second-order valence-corrected chi connectivity index (χ2v) is 3.94. The van der Waals surface area contributed by atoms with Crippen molar-refractivity contribution in [1.29, 1.82) is 5.26 Å². The molecule has 0 saturated carbocycles. The molecule has 112 valence electrons. The van der Waals surface area contributed by atoms with E-state index < -0.39 is 18.5 Å². The van der Waals surface area contributed by atoms with Gasteiger partial charge < -0.3 is 19.5 Å². The maximum absolute atomic E-state index is 11.8. The van der Waals surface area contributed by atoms with Crippen molar-refractivity contribution in [2.75, 3.05) is 27.4 Å². The average molecular weight is 292 g/mol. The molecule has 1 aromatic rings. The monoisotopic (exact) mass is 292 g/mol. The third-order valence-electron chi connectivity index (χ3n) is 2.48. The summed E-state index contributed by atoms with van der Waals surface area (Å²) >= 11 is 0. The first-order valence-electron chi connectivity index (χ1n) is 6.14. The lowest BCUT2D eigenvalue weighted by Gasteiger charge is -2.08. The van der Waals surface area contributed by atoms with Crippen LogP contribution < -0.4 is 14.8 Å². The number of carbonyl (C=O) groups excluding carboxylic acids is 2. The summed E-state index contributed by atoms with van der Waals surface area (Å²) in [6.07, 6.45) is 0.201. The van der Waals surface area contributed by atoms with Crippen LogP contribution in [0.5, 0.6) is 11.5 Å². The van der Waals surface area contributed by atoms with E-state index in [0.29, 0.717) is 11.5 Å². The molecule has 0 spiro atoms. The predicted octanol–water partition coefficient (Wildman–Crippen LogP) is 0.890. The van der Waals surface area contributed by atoms with Gasteiger partial charge in [-0.25, -0.2) is 4.79 Å². The summed E-state index contributed by atoms with van der Waals surface area (Å²) in [5.74, 6) is -0.240. The molecule has 0 saturated heterocycles. The lowest BCUT2D eigenvalue weighted by molar-refractivity contribution is -0.124. The number of hydrogen-bond acceptors (Lipinski definition) is 6. The average Bonchev–Trinajstić information content (AvgIpc) is 2.52. The largest absolute Gasteiger partial charge is 0.497 e. The molecular formula is C14H16N2O5. The molecule has 21 heavy (non-hydrogen) atoms. The van der Waals surface area contributed by atoms with Crippen molar-refractivity contribution in [2.45, 2.75) is 6.42 Å². The van der Waals surface area contributed by atoms with Crippen LogP contribution in [0, 0.1) is 11.3 Å². The molecule has 1 N–H and O–H groups in total. The van der Waals surface area contributed by atoms with E-state index in [1.807, 2.05) is 6.07 Å². The first-order valence-corrected chi connectivity index (χ1v) is 6.14. The summed E-state index contributed by atoms with van der Waals surface area (Å²) in [6.45, 7) is -0.191. The molecule has 7 heteroatoms. The molecule has 0 aliphatic carbocycles. The van der Waals surface area contributed by atoms with Gasteiger partial charge in [0, 0.05) is 12.6 Å². The Kier molecular flexibility index (Phi) is 6.54. The lowest BCUT2D eigenvalue weighted by Crippen LogP contribution is -2.29. The van der Waals surface area contributed by atoms with Crippen molar-refractivity contribution in [1.82, 2.24) is 5.32 Å². The number of methoxy groups -OCH3 is 2. The molecule has 1 aromatic carbocycles. The Hall–Kier alpha value is -2.75. The van der Waals surface area contributed by atoms with Crippen molar-refractivity contribution in [3.63, 3.8) is 0 Å². The molecule has 1 rings (SSSR count). The quantitative estimate of drug-likeness (QED) is 0.592. The van der Waals surface area contributed by atoms with Gasteiger partial charge in [0.25, 0.3) is 5.91 Å². The number of carbonyl (C=O) groups is 2. The summed E-state index contributed by atoms with van der Waals surface area (Å²) in [5, 5.41) is 10.8. The highest BCUT2D eigenvalue weighted by molar-refractivity contribution is 5.92. The van der Waals surface area contributed by atoms with E-state index >= 15 is 0 Å². The fourth-order valence-corrected chi connectivity index (χ4v) is 1.45. The maximum atomic E-state index is 11.8. The molecular weight excluding hydrogens is 276 g/mol. The van der Waals surface area contributed by atoms with Crippen molar-refractivity contribution in [3.05, 3.63) is 23.8 Å². The highest BCUT2D eigenvalue weighted by Crippen LogP contribution is 2.22. The van der Waals surface area contributed by atoms with Crippen LogP contribution in [0.15, 0.2) is 18.2 Å². The van der Waals surface area contributed by atoms with Crippen molar-refractivity contribution >= 4 is 11.9 Å². The van der Waals surface area contributed by atoms with Crippen LogP contribution in [-0.2, 0) is 9.53 Å². The van der Waals surface area contributed by atoms with Crippen LogP contribution in [0.2, 0.25) is 0 Å². The van der Waals surface area contributed by atoms with Crippen LogP contribution in [0.4, 0.5) is 0 Å². The Morgan fingerprint density at radius 1 is 1.19 bits per heavy atom.